The average Bonchev–Trinajstić information content (AvgIpc) is 2.96. The number of halogens is 1. The maximum Gasteiger partial charge on any atom is 0.261 e. The SMILES string of the molecule is Cc1ccc(Cl)cc1NC(=O)c1ccc2c(c1)C(=O)N(Cc1ccccc1)C2=O. The summed E-state index contributed by atoms with van der Waals surface area (Å²) in [6.45, 7) is 2.05. The summed E-state index contributed by atoms with van der Waals surface area (Å²) in [4.78, 5) is 39.3. The van der Waals surface area contributed by atoms with Gasteiger partial charge in [-0.3, -0.25) is 19.3 Å². The van der Waals surface area contributed by atoms with E-state index < -0.39 is 5.91 Å². The minimum absolute atomic E-state index is 0.191. The van der Waals surface area contributed by atoms with Crippen molar-refractivity contribution < 1.29 is 14.4 Å². The summed E-state index contributed by atoms with van der Waals surface area (Å²) >= 11 is 6.00. The third-order valence-corrected chi connectivity index (χ3v) is 5.10. The van der Waals surface area contributed by atoms with E-state index in [0.29, 0.717) is 21.8 Å². The van der Waals surface area contributed by atoms with Crippen LogP contribution in [0.3, 0.4) is 0 Å². The molecule has 3 amide bonds. The molecule has 1 aliphatic rings. The van der Waals surface area contributed by atoms with Crippen LogP contribution in [0.1, 0.15) is 42.2 Å². The molecule has 0 radical (unpaired) electrons. The fourth-order valence-electron chi connectivity index (χ4n) is 3.26. The smallest absolute Gasteiger partial charge is 0.261 e. The Kier molecular flexibility index (Phi) is 4.91. The summed E-state index contributed by atoms with van der Waals surface area (Å²) in [5.74, 6) is -1.13. The van der Waals surface area contributed by atoms with E-state index in [4.69, 9.17) is 11.6 Å². The van der Waals surface area contributed by atoms with Crippen LogP contribution in [-0.4, -0.2) is 22.6 Å². The monoisotopic (exact) mass is 404 g/mol. The number of carbonyl (C=O) groups excluding carboxylic acids is 3. The third kappa shape index (κ3) is 3.65. The molecule has 5 nitrogen and oxygen atoms in total. The molecule has 0 aliphatic carbocycles. The van der Waals surface area contributed by atoms with Crippen molar-refractivity contribution in [3.63, 3.8) is 0 Å². The van der Waals surface area contributed by atoms with Crippen molar-refractivity contribution in [3.8, 4) is 0 Å². The van der Waals surface area contributed by atoms with Crippen LogP contribution in [0.25, 0.3) is 0 Å². The van der Waals surface area contributed by atoms with E-state index in [-0.39, 0.29) is 23.9 Å². The molecule has 0 unspecified atom stereocenters. The fourth-order valence-corrected chi connectivity index (χ4v) is 3.44. The molecule has 0 aromatic heterocycles. The maximum absolute atomic E-state index is 12.8. The first-order valence-electron chi connectivity index (χ1n) is 9.06. The minimum Gasteiger partial charge on any atom is -0.322 e. The van der Waals surface area contributed by atoms with E-state index in [1.54, 1.807) is 18.2 Å². The zero-order valence-electron chi connectivity index (χ0n) is 15.6. The van der Waals surface area contributed by atoms with Gasteiger partial charge < -0.3 is 5.32 Å². The van der Waals surface area contributed by atoms with Crippen LogP contribution in [0, 0.1) is 6.92 Å². The molecule has 0 bridgehead atoms. The summed E-state index contributed by atoms with van der Waals surface area (Å²) in [5, 5.41) is 3.31. The molecular formula is C23H17ClN2O3. The van der Waals surface area contributed by atoms with Gasteiger partial charge in [0.25, 0.3) is 17.7 Å². The standard InChI is InChI=1S/C23H17ClN2O3/c1-14-7-9-17(24)12-20(14)25-21(27)16-8-10-18-19(11-16)23(29)26(22(18)28)13-15-5-3-2-4-6-15/h2-12H,13H2,1H3,(H,25,27). The predicted molar refractivity (Wildman–Crippen MR) is 111 cm³/mol. The number of aryl methyl sites for hydroxylation is 1. The lowest BCUT2D eigenvalue weighted by atomic mass is 10.0. The first kappa shape index (κ1) is 18.9. The largest absolute Gasteiger partial charge is 0.322 e. The van der Waals surface area contributed by atoms with Gasteiger partial charge in [0.2, 0.25) is 0 Å². The first-order valence-corrected chi connectivity index (χ1v) is 9.43. The Hall–Kier alpha value is -3.44. The molecule has 29 heavy (non-hydrogen) atoms. The number of benzene rings is 3. The van der Waals surface area contributed by atoms with E-state index in [1.165, 1.54) is 17.0 Å². The van der Waals surface area contributed by atoms with E-state index in [1.807, 2.05) is 43.3 Å². The first-order chi connectivity index (χ1) is 13.9. The molecule has 3 aromatic rings. The Bertz CT molecular complexity index is 1140. The number of fused-ring (bicyclic) bond motifs is 1. The molecular weight excluding hydrogens is 388 g/mol. The zero-order valence-corrected chi connectivity index (χ0v) is 16.4. The van der Waals surface area contributed by atoms with Crippen molar-refractivity contribution in [3.05, 3.63) is 99.6 Å². The number of anilines is 1. The number of hydrogen-bond donors (Lipinski definition) is 1. The lowest BCUT2D eigenvalue weighted by Gasteiger charge is -2.13. The molecule has 3 aromatic carbocycles. The third-order valence-electron chi connectivity index (χ3n) is 4.86. The van der Waals surface area contributed by atoms with Crippen LogP contribution in [0.5, 0.6) is 0 Å². The number of amides is 3. The van der Waals surface area contributed by atoms with Gasteiger partial charge in [0, 0.05) is 16.3 Å². The second kappa shape index (κ2) is 7.53. The maximum atomic E-state index is 12.8. The van der Waals surface area contributed by atoms with E-state index in [0.717, 1.165) is 11.1 Å². The molecule has 0 spiro atoms. The van der Waals surface area contributed by atoms with E-state index in [9.17, 15) is 14.4 Å². The predicted octanol–water partition coefficient (Wildman–Crippen LogP) is 4.70. The topological polar surface area (TPSA) is 66.5 Å². The van der Waals surface area contributed by atoms with E-state index >= 15 is 0 Å². The highest BCUT2D eigenvalue weighted by atomic mass is 35.5. The minimum atomic E-state index is -0.401. The lowest BCUT2D eigenvalue weighted by Crippen LogP contribution is -2.29. The van der Waals surface area contributed by atoms with Crippen molar-refractivity contribution in [2.24, 2.45) is 0 Å². The van der Waals surface area contributed by atoms with Crippen LogP contribution < -0.4 is 5.32 Å². The zero-order chi connectivity index (χ0) is 20.5. The van der Waals surface area contributed by atoms with Crippen molar-refractivity contribution >= 4 is 35.0 Å². The van der Waals surface area contributed by atoms with Gasteiger partial charge in [0.05, 0.1) is 17.7 Å². The highest BCUT2D eigenvalue weighted by Gasteiger charge is 2.36. The molecule has 4 rings (SSSR count). The fraction of sp³-hybridized carbons (Fsp3) is 0.0870. The van der Waals surface area contributed by atoms with Gasteiger partial charge in [-0.25, -0.2) is 0 Å². The van der Waals surface area contributed by atoms with Crippen LogP contribution in [-0.2, 0) is 6.54 Å². The van der Waals surface area contributed by atoms with Gasteiger partial charge in [0.15, 0.2) is 0 Å². The van der Waals surface area contributed by atoms with Crippen LogP contribution in [0.4, 0.5) is 5.69 Å². The highest BCUT2D eigenvalue weighted by Crippen LogP contribution is 2.27. The van der Waals surface area contributed by atoms with Crippen LogP contribution in [0.2, 0.25) is 5.02 Å². The summed E-state index contributed by atoms with van der Waals surface area (Å²) in [6, 6.07) is 19.1. The van der Waals surface area contributed by atoms with Gasteiger partial charge in [0.1, 0.15) is 0 Å². The lowest BCUT2D eigenvalue weighted by molar-refractivity contribution is 0.0642. The molecule has 0 atom stereocenters. The second-order valence-electron chi connectivity index (χ2n) is 6.86. The summed E-state index contributed by atoms with van der Waals surface area (Å²) in [5.41, 5.74) is 3.16. The average molecular weight is 405 g/mol. The number of nitrogens with zero attached hydrogens (tertiary/aromatic N) is 1. The van der Waals surface area contributed by atoms with Crippen molar-refractivity contribution in [2.75, 3.05) is 5.32 Å². The normalized spacial score (nSPS) is 12.8. The van der Waals surface area contributed by atoms with Gasteiger partial charge in [-0.2, -0.15) is 0 Å². The number of nitrogens with one attached hydrogen (secondary N) is 1. The van der Waals surface area contributed by atoms with Crippen molar-refractivity contribution in [2.45, 2.75) is 13.5 Å². The summed E-state index contributed by atoms with van der Waals surface area (Å²) in [6.07, 6.45) is 0. The Morgan fingerprint density at radius 3 is 2.41 bits per heavy atom. The number of rotatable bonds is 4. The summed E-state index contributed by atoms with van der Waals surface area (Å²) < 4.78 is 0. The molecule has 6 heteroatoms. The Balaban J connectivity index is 1.58. The Morgan fingerprint density at radius 1 is 0.931 bits per heavy atom. The van der Waals surface area contributed by atoms with Crippen molar-refractivity contribution in [1.82, 2.24) is 4.90 Å². The molecule has 144 valence electrons. The second-order valence-corrected chi connectivity index (χ2v) is 7.29. The molecule has 0 saturated heterocycles. The molecule has 0 saturated carbocycles. The van der Waals surface area contributed by atoms with Gasteiger partial charge >= 0.3 is 0 Å². The van der Waals surface area contributed by atoms with Gasteiger partial charge in [-0.15, -0.1) is 0 Å². The molecule has 1 heterocycles. The summed E-state index contributed by atoms with van der Waals surface area (Å²) in [7, 11) is 0. The molecule has 1 aliphatic heterocycles. The van der Waals surface area contributed by atoms with Gasteiger partial charge in [-0.1, -0.05) is 48.0 Å². The van der Waals surface area contributed by atoms with Gasteiger partial charge in [-0.05, 0) is 48.4 Å². The number of carbonyl (C=O) groups is 3. The Morgan fingerprint density at radius 2 is 1.66 bits per heavy atom. The van der Waals surface area contributed by atoms with Crippen LogP contribution >= 0.6 is 11.6 Å². The van der Waals surface area contributed by atoms with Crippen molar-refractivity contribution in [1.29, 1.82) is 0 Å². The number of imide groups is 1. The van der Waals surface area contributed by atoms with Crippen LogP contribution in [0.15, 0.2) is 66.7 Å². The quantitative estimate of drug-likeness (QED) is 0.641. The molecule has 1 N–H and O–H groups in total. The van der Waals surface area contributed by atoms with E-state index in [2.05, 4.69) is 5.32 Å². The molecule has 0 fully saturated rings. The highest BCUT2D eigenvalue weighted by molar-refractivity contribution is 6.31. The number of hydrogen-bond acceptors (Lipinski definition) is 3. The Labute approximate surface area is 172 Å².